The Morgan fingerprint density at radius 1 is 0.508 bits per heavy atom. The molecular weight excluding hydrogens is 829 g/mol. The smallest absolute Gasteiger partial charge is 0.336 e. The second-order valence-electron chi connectivity index (χ2n) is 14.1. The third-order valence-electron chi connectivity index (χ3n) is 9.46. The molecule has 13 nitrogen and oxygen atoms in total. The number of aryl methyl sites for hydroxylation is 1. The molecule has 3 atom stereocenters. The van der Waals surface area contributed by atoms with Crippen LogP contribution in [0.3, 0.4) is 0 Å². The third kappa shape index (κ3) is 16.2. The molecular formula is C49H52O13S. The first-order valence-corrected chi connectivity index (χ1v) is 21.1. The molecule has 0 spiro atoms. The molecule has 0 aliphatic rings. The van der Waals surface area contributed by atoms with E-state index < -0.39 is 51.9 Å². The fourth-order valence-corrected chi connectivity index (χ4v) is 6.98. The van der Waals surface area contributed by atoms with Crippen LogP contribution < -0.4 is 0 Å². The largest absolute Gasteiger partial charge is 0.469 e. The standard InChI is InChI=1S/C21H22O5.C17H16O3.C11H14O5S/c1-14(20(23)25-2)19(21(24)26-3)18(22)13-15-9-11-17(12-10-15)16-7-5-4-6-8-16;1-20-17(19)12-16(18)11-13-7-9-15(10-8-13)14-5-3-2-4-6-14;1-8-4-6-10(7-5-8)17(13,14)16-9(2)11(12)15-3/h4-12,14,19H,13H2,1-3H3;2-10H,11-12H2,1H3;4-7,9H,1-3H3/t14-,19?;;9-/m1.1/s1. The second kappa shape index (κ2) is 25.2. The minimum absolute atomic E-state index is 0.0128. The van der Waals surface area contributed by atoms with Gasteiger partial charge in [0.05, 0.1) is 39.3 Å². The van der Waals surface area contributed by atoms with Crippen molar-refractivity contribution in [2.45, 2.75) is 51.0 Å². The number of hydrogen-bond acceptors (Lipinski definition) is 13. The number of methoxy groups -OCH3 is 4. The van der Waals surface area contributed by atoms with E-state index in [1.807, 2.05) is 116 Å². The monoisotopic (exact) mass is 880 g/mol. The Morgan fingerprint density at radius 2 is 0.937 bits per heavy atom. The quantitative estimate of drug-likeness (QED) is 0.0415. The van der Waals surface area contributed by atoms with E-state index in [0.717, 1.165) is 38.9 Å². The summed E-state index contributed by atoms with van der Waals surface area (Å²) in [5.41, 5.74) is 6.96. The summed E-state index contributed by atoms with van der Waals surface area (Å²) in [5, 5.41) is 0. The number of ketones is 2. The lowest BCUT2D eigenvalue weighted by Gasteiger charge is -2.18. The van der Waals surface area contributed by atoms with Gasteiger partial charge in [-0.25, -0.2) is 4.79 Å². The molecule has 332 valence electrons. The Balaban J connectivity index is 0.000000258. The van der Waals surface area contributed by atoms with Crippen molar-refractivity contribution in [3.05, 3.63) is 150 Å². The maximum Gasteiger partial charge on any atom is 0.336 e. The van der Waals surface area contributed by atoms with Gasteiger partial charge < -0.3 is 18.9 Å². The predicted molar refractivity (Wildman–Crippen MR) is 235 cm³/mol. The maximum atomic E-state index is 12.6. The van der Waals surface area contributed by atoms with Crippen LogP contribution in [0.25, 0.3) is 22.3 Å². The summed E-state index contributed by atoms with van der Waals surface area (Å²) in [6.45, 7) is 4.65. The Morgan fingerprint density at radius 3 is 1.37 bits per heavy atom. The molecule has 5 rings (SSSR count). The zero-order chi connectivity index (χ0) is 46.5. The summed E-state index contributed by atoms with van der Waals surface area (Å²) < 4.78 is 46.4. The fourth-order valence-electron chi connectivity index (χ4n) is 5.94. The molecule has 5 aromatic rings. The van der Waals surface area contributed by atoms with Gasteiger partial charge in [-0.05, 0) is 59.4 Å². The van der Waals surface area contributed by atoms with E-state index in [4.69, 9.17) is 8.92 Å². The summed E-state index contributed by atoms with van der Waals surface area (Å²) in [6, 6.07) is 41.4. The van der Waals surface area contributed by atoms with Gasteiger partial charge >= 0.3 is 23.9 Å². The van der Waals surface area contributed by atoms with E-state index in [1.165, 1.54) is 54.4 Å². The van der Waals surface area contributed by atoms with Gasteiger partial charge in [0, 0.05) is 12.8 Å². The highest BCUT2D eigenvalue weighted by atomic mass is 32.2. The normalized spacial score (nSPS) is 12.0. The van der Waals surface area contributed by atoms with Gasteiger partial charge in [-0.15, -0.1) is 0 Å². The lowest BCUT2D eigenvalue weighted by molar-refractivity contribution is -0.160. The van der Waals surface area contributed by atoms with Crippen molar-refractivity contribution in [3.8, 4) is 22.3 Å². The predicted octanol–water partition coefficient (Wildman–Crippen LogP) is 7.35. The SMILES string of the molecule is COC(=O)C(C(=O)Cc1ccc(-c2ccccc2)cc1)[C@@H](C)C(=O)OC.COC(=O)CC(=O)Cc1ccc(-c2ccccc2)cc1.COC(=O)[C@@H](C)OS(=O)(=O)c1ccc(C)cc1. The van der Waals surface area contributed by atoms with Crippen LogP contribution in [-0.4, -0.2) is 78.4 Å². The molecule has 5 aromatic carbocycles. The molecule has 0 aliphatic carbocycles. The zero-order valence-corrected chi connectivity index (χ0v) is 37.1. The van der Waals surface area contributed by atoms with Crippen molar-refractivity contribution in [1.29, 1.82) is 0 Å². The zero-order valence-electron chi connectivity index (χ0n) is 36.3. The first kappa shape index (κ1) is 50.6. The van der Waals surface area contributed by atoms with Crippen molar-refractivity contribution in [2.24, 2.45) is 11.8 Å². The van der Waals surface area contributed by atoms with Crippen LogP contribution in [0, 0.1) is 18.8 Å². The summed E-state index contributed by atoms with van der Waals surface area (Å²) >= 11 is 0. The van der Waals surface area contributed by atoms with Crippen molar-refractivity contribution in [1.82, 2.24) is 0 Å². The van der Waals surface area contributed by atoms with Crippen LogP contribution in [-0.2, 0) is 74.9 Å². The molecule has 1 unspecified atom stereocenters. The number of ether oxygens (including phenoxy) is 4. The van der Waals surface area contributed by atoms with Crippen molar-refractivity contribution < 1.29 is 60.3 Å². The number of rotatable bonds is 16. The van der Waals surface area contributed by atoms with Crippen molar-refractivity contribution >= 4 is 45.6 Å². The van der Waals surface area contributed by atoms with Gasteiger partial charge in [0.15, 0.2) is 11.9 Å². The summed E-state index contributed by atoms with van der Waals surface area (Å²) in [4.78, 5) is 70.1. The van der Waals surface area contributed by atoms with Gasteiger partial charge in [-0.1, -0.05) is 134 Å². The third-order valence-corrected chi connectivity index (χ3v) is 10.9. The van der Waals surface area contributed by atoms with Gasteiger partial charge in [0.2, 0.25) is 0 Å². The summed E-state index contributed by atoms with van der Waals surface area (Å²) in [5.74, 6) is -5.16. The van der Waals surface area contributed by atoms with E-state index in [9.17, 15) is 37.2 Å². The van der Waals surface area contributed by atoms with Crippen LogP contribution >= 0.6 is 0 Å². The van der Waals surface area contributed by atoms with E-state index in [1.54, 1.807) is 12.1 Å². The number of esters is 4. The van der Waals surface area contributed by atoms with Crippen molar-refractivity contribution in [2.75, 3.05) is 28.4 Å². The average Bonchev–Trinajstić information content (AvgIpc) is 3.29. The average molecular weight is 881 g/mol. The Hall–Kier alpha value is -6.77. The minimum atomic E-state index is -3.93. The van der Waals surface area contributed by atoms with Gasteiger partial charge in [0.25, 0.3) is 10.1 Å². The van der Waals surface area contributed by atoms with E-state index >= 15 is 0 Å². The van der Waals surface area contributed by atoms with Crippen LogP contribution in [0.2, 0.25) is 0 Å². The molecule has 0 amide bonds. The lowest BCUT2D eigenvalue weighted by Crippen LogP contribution is -2.36. The highest BCUT2D eigenvalue weighted by Crippen LogP contribution is 2.23. The van der Waals surface area contributed by atoms with Crippen LogP contribution in [0.1, 0.15) is 37.0 Å². The number of Topliss-reactive ketones (excluding diaryl/α,β-unsaturated/α-hetero) is 2. The Bertz CT molecular complexity index is 2380. The van der Waals surface area contributed by atoms with Gasteiger partial charge in [-0.2, -0.15) is 8.42 Å². The van der Waals surface area contributed by atoms with Gasteiger partial charge in [-0.3, -0.25) is 28.2 Å². The molecule has 0 heterocycles. The Kier molecular flexibility index (Phi) is 20.3. The number of hydrogen-bond donors (Lipinski definition) is 0. The minimum Gasteiger partial charge on any atom is -0.469 e. The number of benzene rings is 5. The van der Waals surface area contributed by atoms with Crippen LogP contribution in [0.4, 0.5) is 0 Å². The lowest BCUT2D eigenvalue weighted by atomic mass is 9.87. The molecule has 0 radical (unpaired) electrons. The Labute approximate surface area is 368 Å². The molecule has 0 fully saturated rings. The van der Waals surface area contributed by atoms with Crippen LogP contribution in [0.15, 0.2) is 138 Å². The molecule has 63 heavy (non-hydrogen) atoms. The van der Waals surface area contributed by atoms with Gasteiger partial charge in [0.1, 0.15) is 18.1 Å². The molecule has 0 aliphatic heterocycles. The van der Waals surface area contributed by atoms with E-state index in [-0.39, 0.29) is 35.7 Å². The molecule has 0 saturated heterocycles. The molecule has 0 saturated carbocycles. The molecule has 0 bridgehead atoms. The fraction of sp³-hybridized carbons (Fsp3) is 0.265. The second-order valence-corrected chi connectivity index (χ2v) is 15.7. The van der Waals surface area contributed by atoms with Crippen molar-refractivity contribution in [3.63, 3.8) is 0 Å². The first-order valence-electron chi connectivity index (χ1n) is 19.7. The first-order chi connectivity index (χ1) is 30.0. The molecule has 14 heteroatoms. The summed E-state index contributed by atoms with van der Waals surface area (Å²) in [7, 11) is 0.935. The van der Waals surface area contributed by atoms with Crippen LogP contribution in [0.5, 0.6) is 0 Å². The van der Waals surface area contributed by atoms with E-state index in [2.05, 4.69) is 14.2 Å². The highest BCUT2D eigenvalue weighted by molar-refractivity contribution is 7.86. The highest BCUT2D eigenvalue weighted by Gasteiger charge is 2.37. The number of carbonyl (C=O) groups excluding carboxylic acids is 6. The maximum absolute atomic E-state index is 12.6. The summed E-state index contributed by atoms with van der Waals surface area (Å²) in [6.07, 6.45) is -1.04. The topological polar surface area (TPSA) is 183 Å². The number of carbonyl (C=O) groups is 6. The molecule has 0 N–H and O–H groups in total. The van der Waals surface area contributed by atoms with E-state index in [0.29, 0.717) is 0 Å². The molecule has 0 aromatic heterocycles.